The Morgan fingerprint density at radius 2 is 1.02 bits per heavy atom. The molecule has 4 N–H and O–H groups in total. The van der Waals surface area contributed by atoms with Crippen LogP contribution in [0.15, 0.2) is 24.3 Å². The van der Waals surface area contributed by atoms with E-state index in [-0.39, 0.29) is 19.6 Å². The monoisotopic (exact) mass is 905 g/mol. The molecule has 0 bridgehead atoms. The molecule has 1 aliphatic heterocycles. The number of carbonyl (C=O) groups excluding carboxylic acids is 1. The van der Waals surface area contributed by atoms with Crippen molar-refractivity contribution in [2.45, 2.75) is 256 Å². The third-order valence-corrected chi connectivity index (χ3v) is 12.0. The van der Waals surface area contributed by atoms with Gasteiger partial charge in [-0.2, -0.15) is 8.42 Å². The van der Waals surface area contributed by atoms with Gasteiger partial charge >= 0.3 is 16.4 Å². The van der Waals surface area contributed by atoms with E-state index in [1.807, 2.05) is 0 Å². The van der Waals surface area contributed by atoms with Crippen molar-refractivity contribution in [3.05, 3.63) is 24.3 Å². The van der Waals surface area contributed by atoms with Crippen molar-refractivity contribution in [1.82, 2.24) is 0 Å². The zero-order valence-electron chi connectivity index (χ0n) is 39.2. The summed E-state index contributed by atoms with van der Waals surface area (Å²) in [5, 5.41) is 30.7. The highest BCUT2D eigenvalue weighted by Gasteiger charge is 2.48. The van der Waals surface area contributed by atoms with Crippen molar-refractivity contribution in [2.75, 3.05) is 26.4 Å². The molecule has 0 amide bonds. The van der Waals surface area contributed by atoms with Gasteiger partial charge in [-0.05, 0) is 64.2 Å². The molecule has 0 spiro atoms. The predicted molar refractivity (Wildman–Crippen MR) is 248 cm³/mol. The molecule has 1 fully saturated rings. The maximum Gasteiger partial charge on any atom is 0.397 e. The first kappa shape index (κ1) is 58.6. The summed E-state index contributed by atoms with van der Waals surface area (Å²) in [5.74, 6) is -0.401. The van der Waals surface area contributed by atoms with Gasteiger partial charge in [-0.3, -0.25) is 9.35 Å². The second-order valence-corrected chi connectivity index (χ2v) is 18.4. The van der Waals surface area contributed by atoms with Gasteiger partial charge in [-0.1, -0.05) is 173 Å². The Bertz CT molecular complexity index is 1180. The average molecular weight is 905 g/mol. The molecule has 0 aromatic rings. The summed E-state index contributed by atoms with van der Waals surface area (Å²) in [5.41, 5.74) is 0. The number of hydrogen-bond donors (Lipinski definition) is 4. The quantitative estimate of drug-likeness (QED) is 0.0197. The van der Waals surface area contributed by atoms with Crippen molar-refractivity contribution >= 4 is 16.4 Å². The minimum atomic E-state index is -5.06. The minimum absolute atomic E-state index is 0.0338. The lowest BCUT2D eigenvalue weighted by atomic mass is 9.99. The molecule has 0 radical (unpaired) electrons. The van der Waals surface area contributed by atoms with Crippen molar-refractivity contribution < 1.29 is 56.2 Å². The summed E-state index contributed by atoms with van der Waals surface area (Å²) in [6, 6.07) is 0. The molecule has 13 heteroatoms. The van der Waals surface area contributed by atoms with Gasteiger partial charge in [-0.15, -0.1) is 0 Å². The zero-order chi connectivity index (χ0) is 45.4. The number of carbonyl (C=O) groups is 1. The number of rotatable bonds is 44. The molecule has 1 aliphatic rings. The highest BCUT2D eigenvalue weighted by atomic mass is 32.3. The largest absolute Gasteiger partial charge is 0.457 e. The lowest BCUT2D eigenvalue weighted by molar-refractivity contribution is -0.301. The van der Waals surface area contributed by atoms with E-state index in [4.69, 9.17) is 18.9 Å². The number of hydrogen-bond acceptors (Lipinski definition) is 11. The molecule has 62 heavy (non-hydrogen) atoms. The Hall–Kier alpha value is -1.42. The van der Waals surface area contributed by atoms with Crippen LogP contribution in [-0.2, 0) is 38.3 Å². The van der Waals surface area contributed by atoms with Crippen molar-refractivity contribution in [3.8, 4) is 0 Å². The molecule has 6 atom stereocenters. The average Bonchev–Trinajstić information content (AvgIpc) is 3.24. The number of aliphatic hydroxyl groups excluding tert-OH is 3. The molecule has 0 aromatic heterocycles. The number of ether oxygens (including phenoxy) is 4. The van der Waals surface area contributed by atoms with Crippen LogP contribution < -0.4 is 0 Å². The summed E-state index contributed by atoms with van der Waals surface area (Å²) in [7, 11) is -5.06. The molecule has 0 aliphatic carbocycles. The minimum Gasteiger partial charge on any atom is -0.457 e. The van der Waals surface area contributed by atoms with E-state index in [0.717, 1.165) is 44.9 Å². The van der Waals surface area contributed by atoms with Gasteiger partial charge in [0.1, 0.15) is 30.5 Å². The van der Waals surface area contributed by atoms with Crippen LogP contribution in [0.2, 0.25) is 0 Å². The molecule has 1 heterocycles. The van der Waals surface area contributed by atoms with Crippen LogP contribution >= 0.6 is 0 Å². The number of esters is 1. The molecule has 1 rings (SSSR count). The molecule has 366 valence electrons. The first-order valence-corrected chi connectivity index (χ1v) is 26.5. The van der Waals surface area contributed by atoms with E-state index in [1.165, 1.54) is 148 Å². The van der Waals surface area contributed by atoms with E-state index in [9.17, 15) is 33.1 Å². The topological polar surface area (TPSA) is 178 Å². The Labute approximate surface area is 378 Å². The fraction of sp³-hybridized carbons (Fsp3) is 0.898. The third kappa shape index (κ3) is 34.0. The molecule has 0 saturated carbocycles. The van der Waals surface area contributed by atoms with E-state index in [1.54, 1.807) is 0 Å². The fourth-order valence-corrected chi connectivity index (χ4v) is 8.23. The third-order valence-electron chi connectivity index (χ3n) is 11.5. The van der Waals surface area contributed by atoms with Crippen LogP contribution in [0.25, 0.3) is 0 Å². The molecule has 0 aromatic carbocycles. The summed E-state index contributed by atoms with van der Waals surface area (Å²) in [4.78, 5) is 12.9. The second-order valence-electron chi connectivity index (χ2n) is 17.4. The first-order chi connectivity index (χ1) is 30.1. The first-order valence-electron chi connectivity index (χ1n) is 25.1. The lowest BCUT2D eigenvalue weighted by Gasteiger charge is -2.41. The van der Waals surface area contributed by atoms with E-state index >= 15 is 0 Å². The van der Waals surface area contributed by atoms with Gasteiger partial charge < -0.3 is 34.3 Å². The summed E-state index contributed by atoms with van der Waals surface area (Å²) in [6.45, 7) is 3.99. The van der Waals surface area contributed by atoms with Crippen molar-refractivity contribution in [1.29, 1.82) is 0 Å². The fourth-order valence-electron chi connectivity index (χ4n) is 7.72. The molecule has 12 nitrogen and oxygen atoms in total. The van der Waals surface area contributed by atoms with Crippen molar-refractivity contribution in [3.63, 3.8) is 0 Å². The molecular weight excluding hydrogens is 813 g/mol. The van der Waals surface area contributed by atoms with Gasteiger partial charge in [0.15, 0.2) is 6.29 Å². The van der Waals surface area contributed by atoms with Crippen LogP contribution in [0, 0.1) is 0 Å². The van der Waals surface area contributed by atoms with E-state index in [2.05, 4.69) is 42.3 Å². The van der Waals surface area contributed by atoms with Gasteiger partial charge in [0.05, 0.1) is 19.8 Å². The highest BCUT2D eigenvalue weighted by molar-refractivity contribution is 7.80. The van der Waals surface area contributed by atoms with Crippen LogP contribution in [0.1, 0.15) is 219 Å². The zero-order valence-corrected chi connectivity index (χ0v) is 40.0. The Morgan fingerprint density at radius 1 is 0.597 bits per heavy atom. The Morgan fingerprint density at radius 3 is 1.45 bits per heavy atom. The number of aliphatic hydroxyl groups is 3. The number of allylic oxidation sites excluding steroid dienone is 4. The normalized spacial score (nSPS) is 20.1. The van der Waals surface area contributed by atoms with Gasteiger partial charge in [0, 0.05) is 13.0 Å². The standard InChI is InChI=1S/C49H92O12S/c1-3-5-7-9-11-13-15-17-19-21-22-23-24-26-28-30-32-34-36-38-45(51)59-43(42-58-49-47(53)48(61-62(54,55)56)46(52)44(40-50)60-49)41-57-39-37-35-33-31-29-27-25-20-18-16-14-12-10-8-6-4-2/h17-20,43-44,46-50,52-53H,3-16,21-42H2,1-2H3,(H,54,55,56)/b19-17-,20-18-. The van der Waals surface area contributed by atoms with Gasteiger partial charge in [-0.25, -0.2) is 4.18 Å². The molecule has 6 unspecified atom stereocenters. The van der Waals surface area contributed by atoms with Crippen LogP contribution in [0.5, 0.6) is 0 Å². The predicted octanol–water partition coefficient (Wildman–Crippen LogP) is 11.2. The molecular formula is C49H92O12S. The lowest BCUT2D eigenvalue weighted by Crippen LogP contribution is -2.60. The van der Waals surface area contributed by atoms with E-state index < -0.39 is 59.8 Å². The van der Waals surface area contributed by atoms with Gasteiger partial charge in [0.25, 0.3) is 0 Å². The molecule has 1 saturated heterocycles. The SMILES string of the molecule is CCCCCCCC/C=C\CCCCCCCCCCCC(=O)OC(COCCCCCCCC/C=C\CCCCCCCC)COC1OC(CO)C(O)C(OS(=O)(=O)O)C1O. The van der Waals surface area contributed by atoms with Crippen LogP contribution in [0.3, 0.4) is 0 Å². The summed E-state index contributed by atoms with van der Waals surface area (Å²) < 4.78 is 59.2. The van der Waals surface area contributed by atoms with E-state index in [0.29, 0.717) is 13.0 Å². The maximum atomic E-state index is 12.9. The maximum absolute atomic E-state index is 12.9. The highest BCUT2D eigenvalue weighted by Crippen LogP contribution is 2.26. The summed E-state index contributed by atoms with van der Waals surface area (Å²) >= 11 is 0. The smallest absolute Gasteiger partial charge is 0.397 e. The summed E-state index contributed by atoms with van der Waals surface area (Å²) in [6.07, 6.45) is 37.8. The number of unbranched alkanes of at least 4 members (excludes halogenated alkanes) is 27. The van der Waals surface area contributed by atoms with Crippen LogP contribution in [-0.4, -0.2) is 97.5 Å². The van der Waals surface area contributed by atoms with Crippen molar-refractivity contribution in [2.24, 2.45) is 0 Å². The Balaban J connectivity index is 2.38. The van der Waals surface area contributed by atoms with Crippen LogP contribution in [0.4, 0.5) is 0 Å². The van der Waals surface area contributed by atoms with Gasteiger partial charge in [0.2, 0.25) is 0 Å². The second kappa shape index (κ2) is 41.0. The Kier molecular flexibility index (Phi) is 38.8.